The van der Waals surface area contributed by atoms with Crippen LogP contribution < -0.4 is 10.0 Å². The topological polar surface area (TPSA) is 95.5 Å². The quantitative estimate of drug-likeness (QED) is 0.486. The second-order valence-corrected chi connectivity index (χ2v) is 8.89. The SMILES string of the molecule is O=C(NC[C@@H](O)c1ccccc1)c1ccc(NS(=O)(=O)c2ccc(Cl)c(Cl)c2)cc1. The molecule has 0 fully saturated rings. The van der Waals surface area contributed by atoms with Crippen LogP contribution in [0.4, 0.5) is 5.69 Å². The lowest BCUT2D eigenvalue weighted by molar-refractivity contribution is 0.0916. The Bertz CT molecular complexity index is 1140. The van der Waals surface area contributed by atoms with Gasteiger partial charge in [0.1, 0.15) is 0 Å². The molecule has 0 aliphatic heterocycles. The van der Waals surface area contributed by atoms with Gasteiger partial charge in [0.2, 0.25) is 0 Å². The number of sulfonamides is 1. The fourth-order valence-corrected chi connectivity index (χ4v) is 4.08. The summed E-state index contributed by atoms with van der Waals surface area (Å²) in [4.78, 5) is 12.2. The lowest BCUT2D eigenvalue weighted by atomic mass is 10.1. The smallest absolute Gasteiger partial charge is 0.261 e. The van der Waals surface area contributed by atoms with Crippen molar-refractivity contribution in [2.45, 2.75) is 11.0 Å². The third-order valence-electron chi connectivity index (χ3n) is 4.24. The molecule has 0 radical (unpaired) electrons. The van der Waals surface area contributed by atoms with E-state index in [1.165, 1.54) is 42.5 Å². The van der Waals surface area contributed by atoms with Gasteiger partial charge in [-0.2, -0.15) is 0 Å². The number of benzene rings is 3. The van der Waals surface area contributed by atoms with Gasteiger partial charge in [0.25, 0.3) is 15.9 Å². The summed E-state index contributed by atoms with van der Waals surface area (Å²) in [6.07, 6.45) is -0.826. The van der Waals surface area contributed by atoms with Crippen LogP contribution in [0.5, 0.6) is 0 Å². The molecule has 0 spiro atoms. The van der Waals surface area contributed by atoms with Crippen LogP contribution in [0.25, 0.3) is 0 Å². The lowest BCUT2D eigenvalue weighted by Gasteiger charge is -2.13. The molecule has 0 aliphatic rings. The van der Waals surface area contributed by atoms with Crippen LogP contribution in [0.2, 0.25) is 10.0 Å². The lowest BCUT2D eigenvalue weighted by Crippen LogP contribution is -2.28. The van der Waals surface area contributed by atoms with Crippen LogP contribution in [0, 0.1) is 0 Å². The largest absolute Gasteiger partial charge is 0.387 e. The molecule has 0 unspecified atom stereocenters. The summed E-state index contributed by atoms with van der Waals surface area (Å²) >= 11 is 11.7. The Kier molecular flexibility index (Phi) is 6.99. The minimum Gasteiger partial charge on any atom is -0.387 e. The van der Waals surface area contributed by atoms with E-state index in [4.69, 9.17) is 23.2 Å². The second kappa shape index (κ2) is 9.49. The van der Waals surface area contributed by atoms with Crippen LogP contribution in [-0.4, -0.2) is 26.0 Å². The normalized spacial score (nSPS) is 12.2. The molecule has 0 saturated carbocycles. The Morgan fingerprint density at radius 1 is 0.933 bits per heavy atom. The molecule has 1 atom stereocenters. The van der Waals surface area contributed by atoms with E-state index in [2.05, 4.69) is 10.0 Å². The van der Waals surface area contributed by atoms with Crippen molar-refractivity contribution in [1.82, 2.24) is 5.32 Å². The molecule has 0 aromatic heterocycles. The van der Waals surface area contributed by atoms with Crippen molar-refractivity contribution in [2.75, 3.05) is 11.3 Å². The number of aliphatic hydroxyl groups excluding tert-OH is 1. The van der Waals surface area contributed by atoms with E-state index in [1.807, 2.05) is 6.07 Å². The highest BCUT2D eigenvalue weighted by Crippen LogP contribution is 2.26. The molecule has 0 saturated heterocycles. The van der Waals surface area contributed by atoms with Crippen molar-refractivity contribution >= 4 is 44.8 Å². The molecule has 9 heteroatoms. The summed E-state index contributed by atoms with van der Waals surface area (Å²) in [6.45, 7) is 0.0502. The molecule has 3 aromatic rings. The highest BCUT2D eigenvalue weighted by molar-refractivity contribution is 7.92. The van der Waals surface area contributed by atoms with Crippen molar-refractivity contribution in [3.8, 4) is 0 Å². The van der Waals surface area contributed by atoms with E-state index >= 15 is 0 Å². The zero-order valence-electron chi connectivity index (χ0n) is 15.5. The number of rotatable bonds is 7. The molecular weight excluding hydrogens is 447 g/mol. The third-order valence-corrected chi connectivity index (χ3v) is 6.36. The molecule has 3 rings (SSSR count). The van der Waals surface area contributed by atoms with E-state index in [-0.39, 0.29) is 33.1 Å². The van der Waals surface area contributed by atoms with Gasteiger partial charge in [0.15, 0.2) is 0 Å². The van der Waals surface area contributed by atoms with Crippen LogP contribution in [0.3, 0.4) is 0 Å². The molecule has 30 heavy (non-hydrogen) atoms. The second-order valence-electron chi connectivity index (χ2n) is 6.40. The Hall–Kier alpha value is -2.58. The monoisotopic (exact) mass is 464 g/mol. The first kappa shape index (κ1) is 22.1. The van der Waals surface area contributed by atoms with Crippen LogP contribution >= 0.6 is 23.2 Å². The fourth-order valence-electron chi connectivity index (χ4n) is 2.63. The van der Waals surface area contributed by atoms with E-state index in [0.717, 1.165) is 0 Å². The average molecular weight is 465 g/mol. The van der Waals surface area contributed by atoms with Crippen LogP contribution in [0.15, 0.2) is 77.7 Å². The van der Waals surface area contributed by atoms with Gasteiger partial charge in [0.05, 0.1) is 21.0 Å². The zero-order chi connectivity index (χ0) is 21.7. The van der Waals surface area contributed by atoms with Gasteiger partial charge in [-0.05, 0) is 48.0 Å². The van der Waals surface area contributed by atoms with E-state index in [1.54, 1.807) is 24.3 Å². The Morgan fingerprint density at radius 2 is 1.60 bits per heavy atom. The molecule has 156 valence electrons. The molecule has 0 aliphatic carbocycles. The maximum atomic E-state index is 12.5. The first-order chi connectivity index (χ1) is 14.3. The van der Waals surface area contributed by atoms with Crippen molar-refractivity contribution in [2.24, 2.45) is 0 Å². The number of carbonyl (C=O) groups excluding carboxylic acids is 1. The van der Waals surface area contributed by atoms with Gasteiger partial charge >= 0.3 is 0 Å². The Balaban J connectivity index is 1.62. The first-order valence-corrected chi connectivity index (χ1v) is 11.1. The fraction of sp³-hybridized carbons (Fsp3) is 0.0952. The van der Waals surface area contributed by atoms with E-state index in [9.17, 15) is 18.3 Å². The molecule has 0 heterocycles. The van der Waals surface area contributed by atoms with Crippen molar-refractivity contribution < 1.29 is 18.3 Å². The number of halogens is 2. The molecule has 0 bridgehead atoms. The molecular formula is C21H18Cl2N2O4S. The van der Waals surface area contributed by atoms with Crippen molar-refractivity contribution in [3.05, 3.63) is 94.0 Å². The molecule has 3 N–H and O–H groups in total. The molecule has 3 aromatic carbocycles. The first-order valence-electron chi connectivity index (χ1n) is 8.85. The summed E-state index contributed by atoms with van der Waals surface area (Å²) in [5.74, 6) is -0.385. The highest BCUT2D eigenvalue weighted by atomic mass is 35.5. The average Bonchev–Trinajstić information content (AvgIpc) is 2.74. The van der Waals surface area contributed by atoms with Crippen molar-refractivity contribution in [3.63, 3.8) is 0 Å². The van der Waals surface area contributed by atoms with Gasteiger partial charge in [-0.1, -0.05) is 53.5 Å². The summed E-state index contributed by atoms with van der Waals surface area (Å²) in [5.41, 5.74) is 1.31. The minimum absolute atomic E-state index is 0.0337. The maximum absolute atomic E-state index is 12.5. The number of carbonyl (C=O) groups is 1. The number of anilines is 1. The van der Waals surface area contributed by atoms with Gasteiger partial charge in [-0.3, -0.25) is 9.52 Å². The number of nitrogens with one attached hydrogen (secondary N) is 2. The number of hydrogen-bond acceptors (Lipinski definition) is 4. The summed E-state index contributed by atoms with van der Waals surface area (Å²) in [7, 11) is -3.86. The van der Waals surface area contributed by atoms with E-state index in [0.29, 0.717) is 11.1 Å². The number of hydrogen-bond donors (Lipinski definition) is 3. The predicted molar refractivity (Wildman–Crippen MR) is 117 cm³/mol. The standard InChI is InChI=1S/C21H18Cl2N2O4S/c22-18-11-10-17(12-19(18)23)30(28,29)25-16-8-6-15(7-9-16)21(27)24-13-20(26)14-4-2-1-3-5-14/h1-12,20,25-26H,13H2,(H,24,27)/t20-/m1/s1. The van der Waals surface area contributed by atoms with Gasteiger partial charge in [0, 0.05) is 17.8 Å². The maximum Gasteiger partial charge on any atom is 0.261 e. The summed E-state index contributed by atoms with van der Waals surface area (Å²) < 4.78 is 27.4. The van der Waals surface area contributed by atoms with Gasteiger partial charge in [-0.15, -0.1) is 0 Å². The predicted octanol–water partition coefficient (Wildman–Crippen LogP) is 4.26. The summed E-state index contributed by atoms with van der Waals surface area (Å²) in [5, 5.41) is 13.2. The third kappa shape index (κ3) is 5.52. The zero-order valence-corrected chi connectivity index (χ0v) is 17.9. The van der Waals surface area contributed by atoms with Crippen LogP contribution in [0.1, 0.15) is 22.0 Å². The number of amides is 1. The Labute approximate surface area is 184 Å². The molecule has 1 amide bonds. The van der Waals surface area contributed by atoms with Crippen molar-refractivity contribution in [1.29, 1.82) is 0 Å². The molecule has 6 nitrogen and oxygen atoms in total. The highest BCUT2D eigenvalue weighted by Gasteiger charge is 2.16. The number of aliphatic hydroxyl groups is 1. The minimum atomic E-state index is -3.86. The van der Waals surface area contributed by atoms with Gasteiger partial charge in [-0.25, -0.2) is 8.42 Å². The van der Waals surface area contributed by atoms with E-state index < -0.39 is 16.1 Å². The Morgan fingerprint density at radius 3 is 2.23 bits per heavy atom. The summed E-state index contributed by atoms with van der Waals surface area (Å²) in [6, 6.07) is 18.9. The van der Waals surface area contributed by atoms with Crippen LogP contribution in [-0.2, 0) is 10.0 Å². The van der Waals surface area contributed by atoms with Gasteiger partial charge < -0.3 is 10.4 Å².